The van der Waals surface area contributed by atoms with E-state index in [1.54, 1.807) is 10.4 Å². The van der Waals surface area contributed by atoms with Crippen LogP contribution in [0.1, 0.15) is 13.3 Å². The van der Waals surface area contributed by atoms with Gasteiger partial charge in [-0.15, -0.1) is 0 Å². The van der Waals surface area contributed by atoms with E-state index in [2.05, 4.69) is 15.3 Å². The molecule has 1 aromatic rings. The third kappa shape index (κ3) is 3.09. The number of nitrogens with zero attached hydrogens (tertiary/aromatic N) is 3. The summed E-state index contributed by atoms with van der Waals surface area (Å²) >= 11 is 0. The van der Waals surface area contributed by atoms with Gasteiger partial charge in [-0.2, -0.15) is 4.31 Å². The Morgan fingerprint density at radius 3 is 2.75 bits per heavy atom. The molecule has 0 bridgehead atoms. The number of nitrogen functional groups attached to an aromatic ring is 1. The van der Waals surface area contributed by atoms with Crippen molar-refractivity contribution < 1.29 is 8.42 Å². The summed E-state index contributed by atoms with van der Waals surface area (Å²) in [5, 5.41) is 0. The minimum absolute atomic E-state index is 0.0557. The molecule has 1 aliphatic rings. The molecule has 112 valence electrons. The number of hydrazine groups is 1. The Morgan fingerprint density at radius 2 is 2.15 bits per heavy atom. The molecule has 1 aliphatic heterocycles. The number of hydrogen-bond acceptors (Lipinski definition) is 6. The van der Waals surface area contributed by atoms with Crippen molar-refractivity contribution in [3.63, 3.8) is 0 Å². The maximum absolute atomic E-state index is 12.7. The van der Waals surface area contributed by atoms with E-state index in [0.717, 1.165) is 19.5 Å². The van der Waals surface area contributed by atoms with Gasteiger partial charge in [-0.3, -0.25) is 0 Å². The lowest BCUT2D eigenvalue weighted by Crippen LogP contribution is -2.41. The highest BCUT2D eigenvalue weighted by Crippen LogP contribution is 2.21. The third-order valence-electron chi connectivity index (χ3n) is 3.48. The fourth-order valence-corrected chi connectivity index (χ4v) is 4.07. The van der Waals surface area contributed by atoms with Crippen molar-refractivity contribution >= 4 is 15.8 Å². The lowest BCUT2D eigenvalue weighted by Gasteiger charge is -2.27. The van der Waals surface area contributed by atoms with Gasteiger partial charge < -0.3 is 10.3 Å². The van der Waals surface area contributed by atoms with Crippen molar-refractivity contribution in [1.82, 2.24) is 14.2 Å². The highest BCUT2D eigenvalue weighted by Gasteiger charge is 2.31. The van der Waals surface area contributed by atoms with Crippen LogP contribution < -0.4 is 11.3 Å². The van der Waals surface area contributed by atoms with Crippen LogP contribution in [0.15, 0.2) is 23.2 Å². The molecule has 7 nitrogen and oxygen atoms in total. The summed E-state index contributed by atoms with van der Waals surface area (Å²) in [6.07, 6.45) is 2.17. The zero-order valence-electron chi connectivity index (χ0n) is 11.8. The minimum Gasteiger partial charge on any atom is -0.308 e. The van der Waals surface area contributed by atoms with E-state index in [4.69, 9.17) is 5.84 Å². The first-order valence-electron chi connectivity index (χ1n) is 6.58. The van der Waals surface area contributed by atoms with Crippen molar-refractivity contribution in [2.75, 3.05) is 32.1 Å². The highest BCUT2D eigenvalue weighted by molar-refractivity contribution is 7.89. The van der Waals surface area contributed by atoms with Crippen molar-refractivity contribution in [2.45, 2.75) is 24.3 Å². The number of aromatic nitrogens is 1. The van der Waals surface area contributed by atoms with Gasteiger partial charge in [0.05, 0.1) is 0 Å². The number of rotatable bonds is 3. The van der Waals surface area contributed by atoms with E-state index in [1.807, 2.05) is 14.0 Å². The first kappa shape index (κ1) is 15.2. The summed E-state index contributed by atoms with van der Waals surface area (Å²) < 4.78 is 26.9. The third-order valence-corrected chi connectivity index (χ3v) is 5.47. The van der Waals surface area contributed by atoms with Crippen LogP contribution in [-0.4, -0.2) is 55.3 Å². The van der Waals surface area contributed by atoms with Crippen molar-refractivity contribution in [2.24, 2.45) is 5.84 Å². The molecule has 0 saturated carbocycles. The lowest BCUT2D eigenvalue weighted by molar-refractivity contribution is 0.290. The zero-order chi connectivity index (χ0) is 14.8. The summed E-state index contributed by atoms with van der Waals surface area (Å²) in [6, 6.07) is 3.03. The molecule has 0 aliphatic carbocycles. The second-order valence-electron chi connectivity index (χ2n) is 5.10. The standard InChI is InChI=1S/C12H21N5O2S/c1-10-9-16(2)6-3-7-17(10)20(18,19)11-4-5-12(15-13)14-8-11/h4-5,8,10H,3,6-7,9,13H2,1-2H3,(H,14,15). The molecule has 1 fully saturated rings. The summed E-state index contributed by atoms with van der Waals surface area (Å²) in [5.74, 6) is 5.67. The molecular formula is C12H21N5O2S. The van der Waals surface area contributed by atoms with Crippen LogP contribution in [0.4, 0.5) is 5.82 Å². The molecule has 1 aromatic heterocycles. The average Bonchev–Trinajstić information content (AvgIpc) is 2.59. The Morgan fingerprint density at radius 1 is 1.40 bits per heavy atom. The van der Waals surface area contributed by atoms with Gasteiger partial charge in [0.15, 0.2) is 0 Å². The molecule has 1 saturated heterocycles. The van der Waals surface area contributed by atoms with Gasteiger partial charge in [0, 0.05) is 25.3 Å². The maximum atomic E-state index is 12.7. The molecule has 0 amide bonds. The van der Waals surface area contributed by atoms with Crippen LogP contribution in [-0.2, 0) is 10.0 Å². The van der Waals surface area contributed by atoms with Crippen LogP contribution in [0, 0.1) is 0 Å². The minimum atomic E-state index is -3.51. The Labute approximate surface area is 119 Å². The van der Waals surface area contributed by atoms with E-state index < -0.39 is 10.0 Å². The number of pyridine rings is 1. The van der Waals surface area contributed by atoms with Gasteiger partial charge in [-0.25, -0.2) is 19.2 Å². The van der Waals surface area contributed by atoms with Crippen LogP contribution in [0.25, 0.3) is 0 Å². The van der Waals surface area contributed by atoms with E-state index in [0.29, 0.717) is 12.4 Å². The Balaban J connectivity index is 2.28. The second kappa shape index (κ2) is 6.04. The molecule has 8 heteroatoms. The van der Waals surface area contributed by atoms with Gasteiger partial charge in [-0.1, -0.05) is 0 Å². The predicted octanol–water partition coefficient (Wildman–Crippen LogP) is 0.0819. The molecule has 0 aromatic carbocycles. The normalized spacial score (nSPS) is 22.4. The number of hydrogen-bond donors (Lipinski definition) is 2. The molecule has 3 N–H and O–H groups in total. The molecule has 2 heterocycles. The van der Waals surface area contributed by atoms with Crippen LogP contribution in [0.3, 0.4) is 0 Å². The molecule has 0 radical (unpaired) electrons. The average molecular weight is 299 g/mol. The van der Waals surface area contributed by atoms with E-state index >= 15 is 0 Å². The van der Waals surface area contributed by atoms with Crippen molar-refractivity contribution in [3.05, 3.63) is 18.3 Å². The zero-order valence-corrected chi connectivity index (χ0v) is 12.6. The van der Waals surface area contributed by atoms with Crippen molar-refractivity contribution in [3.8, 4) is 0 Å². The molecular weight excluding hydrogens is 278 g/mol. The molecule has 1 atom stereocenters. The van der Waals surface area contributed by atoms with Gasteiger partial charge >= 0.3 is 0 Å². The number of likely N-dealkylation sites (N-methyl/N-ethyl adjacent to an activating group) is 1. The number of nitrogens with two attached hydrogens (primary N) is 1. The highest BCUT2D eigenvalue weighted by atomic mass is 32.2. The SMILES string of the molecule is CC1CN(C)CCCN1S(=O)(=O)c1ccc(NN)nc1. The maximum Gasteiger partial charge on any atom is 0.244 e. The monoisotopic (exact) mass is 299 g/mol. The van der Waals surface area contributed by atoms with Gasteiger partial charge in [0.1, 0.15) is 10.7 Å². The Bertz CT molecular complexity index is 545. The van der Waals surface area contributed by atoms with Gasteiger partial charge in [-0.05, 0) is 39.1 Å². The quantitative estimate of drug-likeness (QED) is 0.607. The molecule has 1 unspecified atom stereocenters. The lowest BCUT2D eigenvalue weighted by atomic mass is 10.3. The first-order valence-corrected chi connectivity index (χ1v) is 8.02. The fourth-order valence-electron chi connectivity index (χ4n) is 2.46. The van der Waals surface area contributed by atoms with E-state index in [1.165, 1.54) is 12.3 Å². The number of sulfonamides is 1. The first-order chi connectivity index (χ1) is 9.45. The second-order valence-corrected chi connectivity index (χ2v) is 6.99. The molecule has 2 rings (SSSR count). The predicted molar refractivity (Wildman–Crippen MR) is 77.5 cm³/mol. The number of anilines is 1. The topological polar surface area (TPSA) is 91.6 Å². The summed E-state index contributed by atoms with van der Waals surface area (Å²) in [7, 11) is -1.50. The van der Waals surface area contributed by atoms with E-state index in [9.17, 15) is 8.42 Å². The Kier molecular flexibility index (Phi) is 4.59. The smallest absolute Gasteiger partial charge is 0.244 e. The van der Waals surface area contributed by atoms with Gasteiger partial charge in [0.2, 0.25) is 10.0 Å². The summed E-state index contributed by atoms with van der Waals surface area (Å²) in [6.45, 7) is 4.10. The Hall–Kier alpha value is -1.22. The molecule has 20 heavy (non-hydrogen) atoms. The van der Waals surface area contributed by atoms with Crippen molar-refractivity contribution in [1.29, 1.82) is 0 Å². The molecule has 0 spiro atoms. The van der Waals surface area contributed by atoms with Crippen LogP contribution in [0.5, 0.6) is 0 Å². The number of nitrogens with one attached hydrogen (secondary N) is 1. The van der Waals surface area contributed by atoms with Crippen LogP contribution in [0.2, 0.25) is 0 Å². The largest absolute Gasteiger partial charge is 0.308 e. The fraction of sp³-hybridized carbons (Fsp3) is 0.583. The summed E-state index contributed by atoms with van der Waals surface area (Å²) in [5.41, 5.74) is 2.38. The summed E-state index contributed by atoms with van der Waals surface area (Å²) in [4.78, 5) is 6.32. The van der Waals surface area contributed by atoms with Gasteiger partial charge in [0.25, 0.3) is 0 Å². The van der Waals surface area contributed by atoms with E-state index in [-0.39, 0.29) is 10.9 Å². The van der Waals surface area contributed by atoms with Crippen LogP contribution >= 0.6 is 0 Å².